The predicted octanol–water partition coefficient (Wildman–Crippen LogP) is 2.32. The molecule has 1 aromatic carbocycles. The predicted molar refractivity (Wildman–Crippen MR) is 78.5 cm³/mol. The number of rotatable bonds is 5. The summed E-state index contributed by atoms with van der Waals surface area (Å²) in [7, 11) is 0. The molecule has 1 aliphatic rings. The summed E-state index contributed by atoms with van der Waals surface area (Å²) in [6.07, 6.45) is -1.91. The Balaban J connectivity index is 2.19. The fourth-order valence-corrected chi connectivity index (χ4v) is 2.88. The van der Waals surface area contributed by atoms with E-state index >= 15 is 0 Å². The lowest BCUT2D eigenvalue weighted by Crippen LogP contribution is -2.40. The molecule has 2 atom stereocenters. The van der Waals surface area contributed by atoms with E-state index in [9.17, 15) is 28.3 Å². The van der Waals surface area contributed by atoms with Crippen molar-refractivity contribution in [2.24, 2.45) is 0 Å². The van der Waals surface area contributed by atoms with E-state index in [4.69, 9.17) is 0 Å². The molecule has 0 aromatic heterocycles. The highest BCUT2D eigenvalue weighted by molar-refractivity contribution is 5.99. The van der Waals surface area contributed by atoms with Crippen molar-refractivity contribution in [3.63, 3.8) is 0 Å². The number of nitrogens with zero attached hydrogens (tertiary/aromatic N) is 1. The second-order valence-corrected chi connectivity index (χ2v) is 5.50. The number of amides is 1. The molecule has 0 radical (unpaired) electrons. The quantitative estimate of drug-likeness (QED) is 0.656. The number of Topliss-reactive ketones (excluding diaryl/α,β-unsaturated/α-hetero) is 1. The Labute approximate surface area is 137 Å². The van der Waals surface area contributed by atoms with Crippen molar-refractivity contribution in [2.75, 3.05) is 13.2 Å². The maximum Gasteiger partial charge on any atom is 0.407 e. The van der Waals surface area contributed by atoms with Crippen molar-refractivity contribution >= 4 is 17.8 Å². The zero-order valence-electron chi connectivity index (χ0n) is 13.0. The Hall–Kier alpha value is -2.51. The summed E-state index contributed by atoms with van der Waals surface area (Å²) in [5.41, 5.74) is 0.0210. The fourth-order valence-electron chi connectivity index (χ4n) is 2.88. The molecule has 0 spiro atoms. The molecule has 130 valence electrons. The zero-order valence-corrected chi connectivity index (χ0v) is 13.0. The van der Waals surface area contributed by atoms with Gasteiger partial charge >= 0.3 is 12.1 Å². The topological polar surface area (TPSA) is 83.9 Å². The largest absolute Gasteiger partial charge is 0.466 e. The molecule has 1 aromatic rings. The summed E-state index contributed by atoms with van der Waals surface area (Å²) in [4.78, 5) is 35.8. The summed E-state index contributed by atoms with van der Waals surface area (Å²) in [5.74, 6) is -3.32. The molecule has 2 rings (SSSR count). The molecule has 0 saturated carbocycles. The standard InChI is InChI=1S/C16H17F2NO5/c1-2-24-15(21)7-14(20)13-5-9(8-19(13)16(22)23)11-6-10(17)3-4-12(11)18/h3-4,6,9,13H,2,5,7-8H2,1H3,(H,22,23). The number of carboxylic acid groups (broad SMARTS) is 1. The molecule has 6 nitrogen and oxygen atoms in total. The van der Waals surface area contributed by atoms with Gasteiger partial charge in [0.25, 0.3) is 0 Å². The SMILES string of the molecule is CCOC(=O)CC(=O)C1CC(c2cc(F)ccc2F)CN1C(=O)O. The van der Waals surface area contributed by atoms with Gasteiger partial charge in [-0.3, -0.25) is 14.5 Å². The van der Waals surface area contributed by atoms with E-state index in [-0.39, 0.29) is 25.1 Å². The molecule has 0 aliphatic carbocycles. The van der Waals surface area contributed by atoms with E-state index in [2.05, 4.69) is 4.74 Å². The van der Waals surface area contributed by atoms with Crippen LogP contribution in [0.5, 0.6) is 0 Å². The summed E-state index contributed by atoms with van der Waals surface area (Å²) in [6, 6.07) is 1.84. The van der Waals surface area contributed by atoms with E-state index < -0.39 is 47.9 Å². The third-order valence-corrected chi connectivity index (χ3v) is 3.94. The van der Waals surface area contributed by atoms with Gasteiger partial charge < -0.3 is 9.84 Å². The molecular weight excluding hydrogens is 324 g/mol. The van der Waals surface area contributed by atoms with E-state index in [1.54, 1.807) is 6.92 Å². The molecular formula is C16H17F2NO5. The second kappa shape index (κ2) is 7.37. The molecule has 2 unspecified atom stereocenters. The van der Waals surface area contributed by atoms with Crippen LogP contribution in [0.4, 0.5) is 13.6 Å². The highest BCUT2D eigenvalue weighted by Crippen LogP contribution is 2.34. The first kappa shape index (κ1) is 17.8. The molecule has 1 amide bonds. The van der Waals surface area contributed by atoms with Crippen LogP contribution < -0.4 is 0 Å². The van der Waals surface area contributed by atoms with Crippen LogP contribution in [-0.2, 0) is 14.3 Å². The first-order chi connectivity index (χ1) is 11.3. The van der Waals surface area contributed by atoms with Gasteiger partial charge in [0.15, 0.2) is 5.78 Å². The average Bonchev–Trinajstić information content (AvgIpc) is 2.95. The highest BCUT2D eigenvalue weighted by atomic mass is 19.1. The maximum absolute atomic E-state index is 13.9. The first-order valence-electron chi connectivity index (χ1n) is 7.46. The second-order valence-electron chi connectivity index (χ2n) is 5.50. The highest BCUT2D eigenvalue weighted by Gasteiger charge is 2.41. The lowest BCUT2D eigenvalue weighted by molar-refractivity contribution is -0.146. The van der Waals surface area contributed by atoms with Crippen LogP contribution in [0.1, 0.15) is 31.2 Å². The number of benzene rings is 1. The van der Waals surface area contributed by atoms with Crippen molar-refractivity contribution < 1.29 is 33.0 Å². The number of hydrogen-bond donors (Lipinski definition) is 1. The lowest BCUT2D eigenvalue weighted by Gasteiger charge is -2.19. The summed E-state index contributed by atoms with van der Waals surface area (Å²) >= 11 is 0. The van der Waals surface area contributed by atoms with Crippen LogP contribution in [0.3, 0.4) is 0 Å². The minimum atomic E-state index is -1.35. The van der Waals surface area contributed by atoms with E-state index in [0.29, 0.717) is 0 Å². The average molecular weight is 341 g/mol. The summed E-state index contributed by atoms with van der Waals surface area (Å²) in [5, 5.41) is 9.25. The minimum Gasteiger partial charge on any atom is -0.466 e. The van der Waals surface area contributed by atoms with Crippen LogP contribution in [-0.4, -0.2) is 47.0 Å². The summed E-state index contributed by atoms with van der Waals surface area (Å²) < 4.78 is 31.9. The number of carbonyl (C=O) groups is 3. The first-order valence-corrected chi connectivity index (χ1v) is 7.46. The van der Waals surface area contributed by atoms with Gasteiger partial charge in [-0.15, -0.1) is 0 Å². The molecule has 1 aliphatic heterocycles. The molecule has 1 saturated heterocycles. The van der Waals surface area contributed by atoms with Gasteiger partial charge in [0, 0.05) is 12.5 Å². The van der Waals surface area contributed by atoms with Gasteiger partial charge in [0.05, 0.1) is 12.6 Å². The van der Waals surface area contributed by atoms with Gasteiger partial charge in [-0.1, -0.05) is 0 Å². The number of ether oxygens (including phenoxy) is 1. The van der Waals surface area contributed by atoms with Crippen LogP contribution in [0.15, 0.2) is 18.2 Å². The summed E-state index contributed by atoms with van der Waals surface area (Å²) in [6.45, 7) is 1.55. The van der Waals surface area contributed by atoms with Crippen molar-refractivity contribution in [1.82, 2.24) is 4.90 Å². The van der Waals surface area contributed by atoms with E-state index in [0.717, 1.165) is 23.1 Å². The Morgan fingerprint density at radius 3 is 2.67 bits per heavy atom. The third-order valence-electron chi connectivity index (χ3n) is 3.94. The van der Waals surface area contributed by atoms with Crippen molar-refractivity contribution in [3.05, 3.63) is 35.4 Å². The molecule has 0 bridgehead atoms. The van der Waals surface area contributed by atoms with Crippen molar-refractivity contribution in [1.29, 1.82) is 0 Å². The van der Waals surface area contributed by atoms with E-state index in [1.807, 2.05) is 0 Å². The van der Waals surface area contributed by atoms with Crippen LogP contribution in [0.2, 0.25) is 0 Å². The number of likely N-dealkylation sites (tertiary alicyclic amines) is 1. The molecule has 24 heavy (non-hydrogen) atoms. The number of esters is 1. The van der Waals surface area contributed by atoms with Crippen molar-refractivity contribution in [3.8, 4) is 0 Å². The minimum absolute atomic E-state index is 0.00902. The van der Waals surface area contributed by atoms with E-state index in [1.165, 1.54) is 0 Å². The Kier molecular flexibility index (Phi) is 5.48. The molecule has 1 heterocycles. The molecule has 1 N–H and O–H groups in total. The van der Waals surface area contributed by atoms with Gasteiger partial charge in [-0.2, -0.15) is 0 Å². The van der Waals surface area contributed by atoms with Gasteiger partial charge in [0.2, 0.25) is 0 Å². The zero-order chi connectivity index (χ0) is 17.9. The van der Waals surface area contributed by atoms with Crippen molar-refractivity contribution in [2.45, 2.75) is 31.7 Å². The Morgan fingerprint density at radius 1 is 1.33 bits per heavy atom. The molecule has 8 heteroatoms. The van der Waals surface area contributed by atoms with Crippen LogP contribution in [0.25, 0.3) is 0 Å². The van der Waals surface area contributed by atoms with Gasteiger partial charge in [0.1, 0.15) is 18.1 Å². The Morgan fingerprint density at radius 2 is 2.04 bits per heavy atom. The fraction of sp³-hybridized carbons (Fsp3) is 0.438. The number of ketones is 1. The third kappa shape index (κ3) is 3.87. The lowest BCUT2D eigenvalue weighted by atomic mass is 9.94. The monoisotopic (exact) mass is 341 g/mol. The van der Waals surface area contributed by atoms with Crippen LogP contribution in [0, 0.1) is 11.6 Å². The normalized spacial score (nSPS) is 20.0. The smallest absolute Gasteiger partial charge is 0.407 e. The Bertz CT molecular complexity index is 664. The number of halogens is 2. The molecule has 1 fully saturated rings. The number of carbonyl (C=O) groups excluding carboxylic acids is 2. The number of hydrogen-bond acceptors (Lipinski definition) is 4. The maximum atomic E-state index is 13.9. The van der Waals surface area contributed by atoms with Gasteiger partial charge in [-0.05, 0) is 37.1 Å². The van der Waals surface area contributed by atoms with Gasteiger partial charge in [-0.25, -0.2) is 13.6 Å². The van der Waals surface area contributed by atoms with Crippen LogP contribution >= 0.6 is 0 Å².